The van der Waals surface area contributed by atoms with Gasteiger partial charge in [0.05, 0.1) is 0 Å². The second kappa shape index (κ2) is 6.08. The second-order valence-electron chi connectivity index (χ2n) is 4.29. The zero-order valence-corrected chi connectivity index (χ0v) is 11.2. The van der Waals surface area contributed by atoms with Crippen molar-refractivity contribution in [1.29, 1.82) is 0 Å². The van der Waals surface area contributed by atoms with Crippen LogP contribution in [0.4, 0.5) is 0 Å². The first kappa shape index (κ1) is 14.8. The van der Waals surface area contributed by atoms with Crippen molar-refractivity contribution in [1.82, 2.24) is 10.2 Å². The highest BCUT2D eigenvalue weighted by molar-refractivity contribution is 5.98. The average Bonchev–Trinajstić information content (AvgIpc) is 2.35. The number of hydrogen-bond donors (Lipinski definition) is 3. The SMILES string of the molecule is CCN(C)C(=O)C(C)NC(=O)c1cc(O)cc(O)c1. The van der Waals surface area contributed by atoms with E-state index in [9.17, 15) is 19.8 Å². The molecule has 2 amide bonds. The molecule has 0 saturated carbocycles. The Bertz CT molecular complexity index is 467. The third-order valence-electron chi connectivity index (χ3n) is 2.73. The summed E-state index contributed by atoms with van der Waals surface area (Å²) in [5.41, 5.74) is 0.0938. The summed E-state index contributed by atoms with van der Waals surface area (Å²) >= 11 is 0. The molecule has 0 bridgehead atoms. The first-order chi connectivity index (χ1) is 8.85. The van der Waals surface area contributed by atoms with Crippen molar-refractivity contribution < 1.29 is 19.8 Å². The Morgan fingerprint density at radius 1 is 1.26 bits per heavy atom. The first-order valence-electron chi connectivity index (χ1n) is 5.94. The lowest BCUT2D eigenvalue weighted by molar-refractivity contribution is -0.131. The number of nitrogens with one attached hydrogen (secondary N) is 1. The second-order valence-corrected chi connectivity index (χ2v) is 4.29. The van der Waals surface area contributed by atoms with Crippen LogP contribution in [0.5, 0.6) is 11.5 Å². The van der Waals surface area contributed by atoms with E-state index >= 15 is 0 Å². The Balaban J connectivity index is 2.77. The molecule has 1 aromatic carbocycles. The molecule has 0 aliphatic rings. The third-order valence-corrected chi connectivity index (χ3v) is 2.73. The molecule has 6 heteroatoms. The van der Waals surface area contributed by atoms with Crippen molar-refractivity contribution >= 4 is 11.8 Å². The minimum absolute atomic E-state index is 0.0938. The molecule has 6 nitrogen and oxygen atoms in total. The van der Waals surface area contributed by atoms with E-state index in [1.54, 1.807) is 14.0 Å². The van der Waals surface area contributed by atoms with Crippen LogP contribution < -0.4 is 5.32 Å². The van der Waals surface area contributed by atoms with Crippen LogP contribution in [0, 0.1) is 0 Å². The summed E-state index contributed by atoms with van der Waals surface area (Å²) < 4.78 is 0. The van der Waals surface area contributed by atoms with Gasteiger partial charge in [0, 0.05) is 25.2 Å². The van der Waals surface area contributed by atoms with Crippen LogP contribution in [0.2, 0.25) is 0 Å². The molecule has 1 unspecified atom stereocenters. The molecule has 0 aliphatic carbocycles. The molecule has 0 aliphatic heterocycles. The summed E-state index contributed by atoms with van der Waals surface area (Å²) in [5, 5.41) is 21.1. The van der Waals surface area contributed by atoms with Crippen LogP contribution in [-0.2, 0) is 4.79 Å². The van der Waals surface area contributed by atoms with Gasteiger partial charge in [-0.1, -0.05) is 0 Å². The maximum atomic E-state index is 11.9. The lowest BCUT2D eigenvalue weighted by Crippen LogP contribution is -2.45. The van der Waals surface area contributed by atoms with Crippen LogP contribution in [0.15, 0.2) is 18.2 Å². The zero-order valence-electron chi connectivity index (χ0n) is 11.2. The number of hydrogen-bond acceptors (Lipinski definition) is 4. The van der Waals surface area contributed by atoms with Crippen molar-refractivity contribution in [3.8, 4) is 11.5 Å². The number of likely N-dealkylation sites (N-methyl/N-ethyl adjacent to an activating group) is 1. The maximum absolute atomic E-state index is 11.9. The van der Waals surface area contributed by atoms with Gasteiger partial charge in [0.2, 0.25) is 5.91 Å². The van der Waals surface area contributed by atoms with Gasteiger partial charge in [0.15, 0.2) is 0 Å². The molecule has 0 spiro atoms. The molecule has 0 heterocycles. The highest BCUT2D eigenvalue weighted by Gasteiger charge is 2.19. The van der Waals surface area contributed by atoms with Gasteiger partial charge in [-0.25, -0.2) is 0 Å². The van der Waals surface area contributed by atoms with Crippen LogP contribution in [0.3, 0.4) is 0 Å². The summed E-state index contributed by atoms with van der Waals surface area (Å²) in [6, 6.07) is 2.88. The Kier molecular flexibility index (Phi) is 4.74. The predicted octanol–water partition coefficient (Wildman–Crippen LogP) is 0.694. The number of phenols is 2. The van der Waals surface area contributed by atoms with Crippen molar-refractivity contribution in [2.75, 3.05) is 13.6 Å². The summed E-state index contributed by atoms with van der Waals surface area (Å²) in [5.74, 6) is -1.17. The minimum Gasteiger partial charge on any atom is -0.508 e. The third kappa shape index (κ3) is 3.87. The Hall–Kier alpha value is -2.24. The number of amides is 2. The summed E-state index contributed by atoms with van der Waals surface area (Å²) in [6.45, 7) is 3.96. The maximum Gasteiger partial charge on any atom is 0.252 e. The van der Waals surface area contributed by atoms with Gasteiger partial charge < -0.3 is 20.4 Å². The molecule has 0 radical (unpaired) electrons. The summed E-state index contributed by atoms with van der Waals surface area (Å²) in [6.07, 6.45) is 0. The molecule has 104 valence electrons. The molecule has 0 aromatic heterocycles. The monoisotopic (exact) mass is 266 g/mol. The first-order valence-corrected chi connectivity index (χ1v) is 5.94. The molecule has 19 heavy (non-hydrogen) atoms. The molecule has 3 N–H and O–H groups in total. The molecule has 0 saturated heterocycles. The number of rotatable bonds is 4. The van der Waals surface area contributed by atoms with Gasteiger partial charge in [-0.05, 0) is 26.0 Å². The molecule has 0 fully saturated rings. The Labute approximate surface area is 111 Å². The number of phenolic OH excluding ortho intramolecular Hbond substituents is 2. The molecular formula is C13H18N2O4. The molecule has 1 atom stereocenters. The van der Waals surface area contributed by atoms with E-state index in [0.717, 1.165) is 6.07 Å². The van der Waals surface area contributed by atoms with Crippen LogP contribution in [0.1, 0.15) is 24.2 Å². The fourth-order valence-electron chi connectivity index (χ4n) is 1.55. The van der Waals surface area contributed by atoms with E-state index in [4.69, 9.17) is 0 Å². The largest absolute Gasteiger partial charge is 0.508 e. The Morgan fingerprint density at radius 2 is 1.79 bits per heavy atom. The van der Waals surface area contributed by atoms with Crippen molar-refractivity contribution in [3.05, 3.63) is 23.8 Å². The van der Waals surface area contributed by atoms with Crippen LogP contribution in [-0.4, -0.2) is 46.6 Å². The van der Waals surface area contributed by atoms with E-state index < -0.39 is 11.9 Å². The van der Waals surface area contributed by atoms with Gasteiger partial charge >= 0.3 is 0 Å². The van der Waals surface area contributed by atoms with Gasteiger partial charge in [0.25, 0.3) is 5.91 Å². The average molecular weight is 266 g/mol. The standard InChI is InChI=1S/C13H18N2O4/c1-4-15(3)13(19)8(2)14-12(18)9-5-10(16)7-11(17)6-9/h5-8,16-17H,4H2,1-3H3,(H,14,18). The quantitative estimate of drug-likeness (QED) is 0.748. The number of carbonyl (C=O) groups is 2. The predicted molar refractivity (Wildman–Crippen MR) is 70.0 cm³/mol. The summed E-state index contributed by atoms with van der Waals surface area (Å²) in [7, 11) is 1.64. The number of nitrogens with zero attached hydrogens (tertiary/aromatic N) is 1. The molecule has 1 rings (SSSR count). The normalized spacial score (nSPS) is 11.7. The summed E-state index contributed by atoms with van der Waals surface area (Å²) in [4.78, 5) is 25.1. The number of benzene rings is 1. The molecular weight excluding hydrogens is 248 g/mol. The van der Waals surface area contributed by atoms with Crippen molar-refractivity contribution in [3.63, 3.8) is 0 Å². The highest BCUT2D eigenvalue weighted by Crippen LogP contribution is 2.20. The van der Waals surface area contributed by atoms with Crippen LogP contribution in [0.25, 0.3) is 0 Å². The topological polar surface area (TPSA) is 89.9 Å². The van der Waals surface area contributed by atoms with Gasteiger partial charge in [0.1, 0.15) is 17.5 Å². The van der Waals surface area contributed by atoms with E-state index in [1.165, 1.54) is 17.0 Å². The van der Waals surface area contributed by atoms with E-state index in [1.807, 2.05) is 6.92 Å². The smallest absolute Gasteiger partial charge is 0.252 e. The highest BCUT2D eigenvalue weighted by atomic mass is 16.3. The lowest BCUT2D eigenvalue weighted by Gasteiger charge is -2.20. The minimum atomic E-state index is -0.679. The van der Waals surface area contributed by atoms with Gasteiger partial charge in [-0.3, -0.25) is 9.59 Å². The fourth-order valence-corrected chi connectivity index (χ4v) is 1.55. The Morgan fingerprint density at radius 3 is 2.26 bits per heavy atom. The van der Waals surface area contributed by atoms with Gasteiger partial charge in [-0.15, -0.1) is 0 Å². The van der Waals surface area contributed by atoms with Crippen molar-refractivity contribution in [2.24, 2.45) is 0 Å². The number of carbonyl (C=O) groups excluding carboxylic acids is 2. The van der Waals surface area contributed by atoms with E-state index in [2.05, 4.69) is 5.32 Å². The molecule has 1 aromatic rings. The van der Waals surface area contributed by atoms with Crippen LogP contribution >= 0.6 is 0 Å². The fraction of sp³-hybridized carbons (Fsp3) is 0.385. The number of aromatic hydroxyl groups is 2. The van der Waals surface area contributed by atoms with E-state index in [0.29, 0.717) is 6.54 Å². The van der Waals surface area contributed by atoms with Crippen molar-refractivity contribution in [2.45, 2.75) is 19.9 Å². The van der Waals surface area contributed by atoms with Gasteiger partial charge in [-0.2, -0.15) is 0 Å². The zero-order chi connectivity index (χ0) is 14.6. The lowest BCUT2D eigenvalue weighted by atomic mass is 10.1. The van der Waals surface area contributed by atoms with E-state index in [-0.39, 0.29) is 23.0 Å².